The summed E-state index contributed by atoms with van der Waals surface area (Å²) in [6.45, 7) is 11.6. The van der Waals surface area contributed by atoms with Crippen LogP contribution < -0.4 is 5.32 Å². The molecule has 0 aliphatic carbocycles. The minimum Gasteiger partial charge on any atom is -0.381 e. The molecular formula is C20H34N4O2. The van der Waals surface area contributed by atoms with Gasteiger partial charge in [0, 0.05) is 44.6 Å². The lowest BCUT2D eigenvalue weighted by Gasteiger charge is -2.39. The Balaban J connectivity index is 1.48. The molecular weight excluding hydrogens is 328 g/mol. The zero-order chi connectivity index (χ0) is 18.5. The van der Waals surface area contributed by atoms with Crippen LogP contribution in [0, 0.1) is 19.8 Å². The maximum Gasteiger partial charge on any atom is 0.224 e. The van der Waals surface area contributed by atoms with Crippen LogP contribution in [-0.4, -0.2) is 59.5 Å². The number of hydrogen-bond acceptors (Lipinski definition) is 4. The molecule has 3 rings (SSSR count). The van der Waals surface area contributed by atoms with Gasteiger partial charge in [-0.3, -0.25) is 14.4 Å². The lowest BCUT2D eigenvalue weighted by Crippen LogP contribution is -2.48. The molecule has 0 aromatic carbocycles. The Morgan fingerprint density at radius 3 is 2.73 bits per heavy atom. The first kappa shape index (κ1) is 19.4. The first-order valence-electron chi connectivity index (χ1n) is 10.2. The molecule has 146 valence electrons. The molecule has 2 aliphatic rings. The largest absolute Gasteiger partial charge is 0.381 e. The molecule has 6 nitrogen and oxygen atoms in total. The minimum atomic E-state index is 0.132. The van der Waals surface area contributed by atoms with E-state index in [0.29, 0.717) is 12.6 Å². The van der Waals surface area contributed by atoms with Crippen molar-refractivity contribution in [3.05, 3.63) is 17.0 Å². The van der Waals surface area contributed by atoms with Crippen LogP contribution in [-0.2, 0) is 22.5 Å². The van der Waals surface area contributed by atoms with Crippen LogP contribution in [0.4, 0.5) is 0 Å². The second-order valence-corrected chi connectivity index (χ2v) is 7.68. The number of nitrogens with zero attached hydrogens (tertiary/aromatic N) is 3. The zero-order valence-electron chi connectivity index (χ0n) is 16.6. The predicted molar refractivity (Wildman–Crippen MR) is 102 cm³/mol. The molecule has 0 bridgehead atoms. The number of carbonyl (C=O) groups is 1. The molecule has 1 aromatic heterocycles. The number of nitrogens with one attached hydrogen (secondary N) is 1. The van der Waals surface area contributed by atoms with Crippen molar-refractivity contribution in [2.45, 2.75) is 65.5 Å². The number of aryl methyl sites for hydroxylation is 2. The first-order valence-corrected chi connectivity index (χ1v) is 10.2. The van der Waals surface area contributed by atoms with Gasteiger partial charge < -0.3 is 10.1 Å². The number of carbonyl (C=O) groups excluding carboxylic acids is 1. The summed E-state index contributed by atoms with van der Waals surface area (Å²) in [5.41, 5.74) is 3.59. The lowest BCUT2D eigenvalue weighted by atomic mass is 9.94. The lowest BCUT2D eigenvalue weighted by molar-refractivity contribution is -0.127. The van der Waals surface area contributed by atoms with Crippen molar-refractivity contribution in [1.29, 1.82) is 0 Å². The minimum absolute atomic E-state index is 0.132. The number of piperidine rings is 1. The normalized spacial score (nSPS) is 22.5. The third-order valence-electron chi connectivity index (χ3n) is 6.04. The molecule has 2 saturated heterocycles. The Hall–Kier alpha value is -1.40. The van der Waals surface area contributed by atoms with E-state index in [0.717, 1.165) is 70.6 Å². The van der Waals surface area contributed by atoms with Gasteiger partial charge in [0.2, 0.25) is 5.91 Å². The van der Waals surface area contributed by atoms with Gasteiger partial charge in [-0.1, -0.05) is 0 Å². The summed E-state index contributed by atoms with van der Waals surface area (Å²) >= 11 is 0. The molecule has 1 N–H and O–H groups in total. The molecule has 0 saturated carbocycles. The third-order valence-corrected chi connectivity index (χ3v) is 6.04. The number of amides is 1. The van der Waals surface area contributed by atoms with Gasteiger partial charge >= 0.3 is 0 Å². The van der Waals surface area contributed by atoms with E-state index in [4.69, 9.17) is 4.74 Å². The molecule has 0 spiro atoms. The van der Waals surface area contributed by atoms with Crippen LogP contribution in [0.1, 0.15) is 49.6 Å². The fourth-order valence-electron chi connectivity index (χ4n) is 4.46. The van der Waals surface area contributed by atoms with Gasteiger partial charge in [0.15, 0.2) is 0 Å². The molecule has 1 aromatic rings. The van der Waals surface area contributed by atoms with Crippen LogP contribution in [0.25, 0.3) is 0 Å². The van der Waals surface area contributed by atoms with E-state index in [2.05, 4.69) is 36.1 Å². The van der Waals surface area contributed by atoms with Crippen molar-refractivity contribution in [3.8, 4) is 0 Å². The third kappa shape index (κ3) is 4.46. The van der Waals surface area contributed by atoms with Gasteiger partial charge in [0.25, 0.3) is 0 Å². The van der Waals surface area contributed by atoms with Crippen LogP contribution >= 0.6 is 0 Å². The second kappa shape index (κ2) is 9.00. The van der Waals surface area contributed by atoms with Gasteiger partial charge in [-0.25, -0.2) is 0 Å². The summed E-state index contributed by atoms with van der Waals surface area (Å²) in [7, 11) is 0. The molecule has 2 aliphatic heterocycles. The number of likely N-dealkylation sites (tertiary alicyclic amines) is 1. The van der Waals surface area contributed by atoms with Crippen LogP contribution in [0.15, 0.2) is 0 Å². The maximum atomic E-state index is 12.7. The molecule has 3 heterocycles. The fraction of sp³-hybridized carbons (Fsp3) is 0.800. The highest BCUT2D eigenvalue weighted by Gasteiger charge is 2.30. The number of hydrogen-bond donors (Lipinski definition) is 1. The molecule has 0 radical (unpaired) electrons. The van der Waals surface area contributed by atoms with Crippen LogP contribution in [0.3, 0.4) is 0 Å². The molecule has 6 heteroatoms. The van der Waals surface area contributed by atoms with E-state index in [1.165, 1.54) is 11.3 Å². The first-order chi connectivity index (χ1) is 12.6. The maximum absolute atomic E-state index is 12.7. The molecule has 1 amide bonds. The van der Waals surface area contributed by atoms with E-state index in [1.807, 2.05) is 4.68 Å². The molecule has 2 fully saturated rings. The quantitative estimate of drug-likeness (QED) is 0.842. The van der Waals surface area contributed by atoms with E-state index in [-0.39, 0.29) is 11.8 Å². The van der Waals surface area contributed by atoms with Crippen molar-refractivity contribution >= 4 is 5.91 Å². The zero-order valence-corrected chi connectivity index (χ0v) is 16.6. The Labute approximate surface area is 157 Å². The van der Waals surface area contributed by atoms with Crippen molar-refractivity contribution in [2.75, 3.05) is 32.8 Å². The van der Waals surface area contributed by atoms with E-state index >= 15 is 0 Å². The summed E-state index contributed by atoms with van der Waals surface area (Å²) in [6.07, 6.45) is 5.21. The standard InChI is InChI=1S/C20H34N4O2/c1-4-24-16(3)19(15(2)22-24)7-10-21-20(25)17-6-5-11-23(14-17)18-8-12-26-13-9-18/h17-18H,4-14H2,1-3H3,(H,21,25)/t17-/m1/s1. The second-order valence-electron chi connectivity index (χ2n) is 7.68. The van der Waals surface area contributed by atoms with Crippen LogP contribution in [0.2, 0.25) is 0 Å². The average molecular weight is 363 g/mol. The van der Waals surface area contributed by atoms with E-state index in [9.17, 15) is 4.79 Å². The molecule has 26 heavy (non-hydrogen) atoms. The van der Waals surface area contributed by atoms with Crippen LogP contribution in [0.5, 0.6) is 0 Å². The van der Waals surface area contributed by atoms with Gasteiger partial charge in [-0.2, -0.15) is 5.10 Å². The van der Waals surface area contributed by atoms with Crippen molar-refractivity contribution < 1.29 is 9.53 Å². The van der Waals surface area contributed by atoms with Gasteiger partial charge in [-0.05, 0) is 65.0 Å². The number of aromatic nitrogens is 2. The molecule has 0 unspecified atom stereocenters. The van der Waals surface area contributed by atoms with E-state index < -0.39 is 0 Å². The van der Waals surface area contributed by atoms with Crippen molar-refractivity contribution in [3.63, 3.8) is 0 Å². The smallest absolute Gasteiger partial charge is 0.224 e. The Bertz CT molecular complexity index is 607. The van der Waals surface area contributed by atoms with Gasteiger partial charge in [-0.15, -0.1) is 0 Å². The number of rotatable bonds is 6. The Kier molecular flexibility index (Phi) is 6.70. The summed E-state index contributed by atoms with van der Waals surface area (Å²) in [4.78, 5) is 15.2. The van der Waals surface area contributed by atoms with E-state index in [1.54, 1.807) is 0 Å². The summed E-state index contributed by atoms with van der Waals surface area (Å²) < 4.78 is 7.52. The highest BCUT2D eigenvalue weighted by Crippen LogP contribution is 2.23. The average Bonchev–Trinajstić information content (AvgIpc) is 2.96. The molecule has 1 atom stereocenters. The SMILES string of the molecule is CCn1nc(C)c(CCNC(=O)[C@@H]2CCCN(C3CCOCC3)C2)c1C. The Morgan fingerprint density at radius 2 is 2.04 bits per heavy atom. The Morgan fingerprint density at radius 1 is 1.27 bits per heavy atom. The highest BCUT2D eigenvalue weighted by atomic mass is 16.5. The van der Waals surface area contributed by atoms with Crippen molar-refractivity contribution in [2.24, 2.45) is 5.92 Å². The number of ether oxygens (including phenoxy) is 1. The van der Waals surface area contributed by atoms with Gasteiger partial charge in [0.05, 0.1) is 11.6 Å². The summed E-state index contributed by atoms with van der Waals surface area (Å²) in [6, 6.07) is 0.601. The van der Waals surface area contributed by atoms with Crippen molar-refractivity contribution in [1.82, 2.24) is 20.0 Å². The monoisotopic (exact) mass is 362 g/mol. The fourth-order valence-corrected chi connectivity index (χ4v) is 4.46. The van der Waals surface area contributed by atoms with Gasteiger partial charge in [0.1, 0.15) is 0 Å². The summed E-state index contributed by atoms with van der Waals surface area (Å²) in [5, 5.41) is 7.74. The predicted octanol–water partition coefficient (Wildman–Crippen LogP) is 2.07. The highest BCUT2D eigenvalue weighted by molar-refractivity contribution is 5.79. The topological polar surface area (TPSA) is 59.4 Å². The summed E-state index contributed by atoms with van der Waals surface area (Å²) in [5.74, 6) is 0.354.